The zero-order valence-electron chi connectivity index (χ0n) is 48.8. The molecule has 0 amide bonds. The summed E-state index contributed by atoms with van der Waals surface area (Å²) in [5.41, 5.74) is 0. The normalized spacial score (nSPS) is 18.8. The van der Waals surface area contributed by atoms with Crippen molar-refractivity contribution in [3.63, 3.8) is 0 Å². The van der Waals surface area contributed by atoms with E-state index >= 15 is 0 Å². The fourth-order valence-electron chi connectivity index (χ4n) is 8.23. The summed E-state index contributed by atoms with van der Waals surface area (Å²) < 4.78 is 28.2. The molecule has 1 saturated heterocycles. The molecule has 1 fully saturated rings. The lowest BCUT2D eigenvalue weighted by atomic mass is 9.98. The summed E-state index contributed by atoms with van der Waals surface area (Å²) in [7, 11) is 0. The molecule has 0 aromatic heterocycles. The highest BCUT2D eigenvalue weighted by Crippen LogP contribution is 2.26. The number of aliphatic hydroxyl groups excluding tert-OH is 2. The second kappa shape index (κ2) is 53.5. The van der Waals surface area contributed by atoms with Gasteiger partial charge in [0.05, 0.1) is 13.0 Å². The van der Waals surface area contributed by atoms with Crippen molar-refractivity contribution in [1.29, 1.82) is 0 Å². The highest BCUT2D eigenvalue weighted by atomic mass is 16.7. The van der Waals surface area contributed by atoms with Crippen molar-refractivity contribution in [2.75, 3.05) is 13.2 Å². The molecular formula is C67H104O12. The van der Waals surface area contributed by atoms with E-state index in [1.54, 1.807) is 6.08 Å². The number of aliphatic carboxylic acids is 1. The van der Waals surface area contributed by atoms with Gasteiger partial charge in [0.2, 0.25) is 0 Å². The number of aliphatic hydroxyl groups is 2. The molecule has 0 radical (unpaired) electrons. The summed E-state index contributed by atoms with van der Waals surface area (Å²) in [4.78, 5) is 51.1. The largest absolute Gasteiger partial charge is 0.479 e. The van der Waals surface area contributed by atoms with Gasteiger partial charge in [-0.15, -0.1) is 0 Å². The highest BCUT2D eigenvalue weighted by molar-refractivity contribution is 5.74. The van der Waals surface area contributed by atoms with E-state index in [0.29, 0.717) is 25.7 Å². The van der Waals surface area contributed by atoms with Crippen LogP contribution in [0.1, 0.15) is 213 Å². The maximum Gasteiger partial charge on any atom is 0.335 e. The molecular weight excluding hydrogens is 997 g/mol. The van der Waals surface area contributed by atoms with Crippen LogP contribution in [-0.4, -0.2) is 89.2 Å². The number of ether oxygens (including phenoxy) is 5. The number of rotatable bonds is 49. The van der Waals surface area contributed by atoms with Crippen LogP contribution in [0.15, 0.2) is 134 Å². The first-order chi connectivity index (χ1) is 38.6. The molecule has 0 aromatic carbocycles. The second-order valence-corrected chi connectivity index (χ2v) is 19.9. The van der Waals surface area contributed by atoms with Crippen LogP contribution in [0.2, 0.25) is 0 Å². The van der Waals surface area contributed by atoms with Crippen molar-refractivity contribution in [3.05, 3.63) is 134 Å². The fraction of sp³-hybridized carbons (Fsp3) is 0.612. The van der Waals surface area contributed by atoms with Crippen LogP contribution in [0.5, 0.6) is 0 Å². The number of unbranched alkanes of at least 4 members (excludes halogenated alkanes) is 14. The van der Waals surface area contributed by atoms with Gasteiger partial charge in [0.1, 0.15) is 18.8 Å². The molecule has 3 N–H and O–H groups in total. The van der Waals surface area contributed by atoms with Gasteiger partial charge in [0.15, 0.2) is 24.6 Å². The van der Waals surface area contributed by atoms with E-state index in [2.05, 4.69) is 118 Å². The van der Waals surface area contributed by atoms with Gasteiger partial charge in [-0.3, -0.25) is 14.4 Å². The Morgan fingerprint density at radius 3 is 1.25 bits per heavy atom. The Morgan fingerprint density at radius 1 is 0.443 bits per heavy atom. The first-order valence-electron chi connectivity index (χ1n) is 30.2. The predicted molar refractivity (Wildman–Crippen MR) is 321 cm³/mol. The minimum absolute atomic E-state index is 0.0269. The van der Waals surface area contributed by atoms with E-state index in [0.717, 1.165) is 77.0 Å². The molecule has 6 atom stereocenters. The molecule has 1 heterocycles. The minimum Gasteiger partial charge on any atom is -0.479 e. The molecule has 0 bridgehead atoms. The molecule has 6 unspecified atom stereocenters. The molecule has 0 aliphatic carbocycles. The maximum absolute atomic E-state index is 13.2. The first kappa shape index (κ1) is 71.9. The summed E-state index contributed by atoms with van der Waals surface area (Å²) in [6.07, 6.45) is 63.1. The summed E-state index contributed by atoms with van der Waals surface area (Å²) >= 11 is 0. The zero-order valence-corrected chi connectivity index (χ0v) is 48.8. The van der Waals surface area contributed by atoms with Crippen LogP contribution in [0.3, 0.4) is 0 Å². The zero-order chi connectivity index (χ0) is 57.5. The van der Waals surface area contributed by atoms with Gasteiger partial charge in [0, 0.05) is 12.8 Å². The molecule has 0 saturated carbocycles. The molecule has 1 aliphatic rings. The molecule has 12 nitrogen and oxygen atoms in total. The van der Waals surface area contributed by atoms with E-state index < -0.39 is 67.3 Å². The average Bonchev–Trinajstić information content (AvgIpc) is 3.44. The third-order valence-corrected chi connectivity index (χ3v) is 12.8. The van der Waals surface area contributed by atoms with Crippen molar-refractivity contribution in [2.24, 2.45) is 0 Å². The van der Waals surface area contributed by atoms with E-state index in [1.807, 2.05) is 30.4 Å². The second-order valence-electron chi connectivity index (χ2n) is 19.9. The van der Waals surface area contributed by atoms with E-state index in [4.69, 9.17) is 23.7 Å². The molecule has 444 valence electrons. The van der Waals surface area contributed by atoms with Gasteiger partial charge in [0.25, 0.3) is 0 Å². The number of esters is 3. The fourth-order valence-corrected chi connectivity index (χ4v) is 8.23. The molecule has 1 aliphatic heterocycles. The Bertz CT molecular complexity index is 1880. The quantitative estimate of drug-likeness (QED) is 0.0228. The Kier molecular flexibility index (Phi) is 48.7. The predicted octanol–water partition coefficient (Wildman–Crippen LogP) is 15.8. The van der Waals surface area contributed by atoms with Crippen LogP contribution in [0.25, 0.3) is 0 Å². The molecule has 0 aromatic rings. The maximum atomic E-state index is 13.2. The Labute approximate surface area is 477 Å². The molecule has 1 rings (SSSR count). The lowest BCUT2D eigenvalue weighted by Crippen LogP contribution is -2.61. The van der Waals surface area contributed by atoms with Crippen molar-refractivity contribution in [2.45, 2.75) is 250 Å². The molecule has 79 heavy (non-hydrogen) atoms. The van der Waals surface area contributed by atoms with Gasteiger partial charge in [-0.1, -0.05) is 244 Å². The monoisotopic (exact) mass is 1100 g/mol. The van der Waals surface area contributed by atoms with Crippen molar-refractivity contribution in [3.8, 4) is 0 Å². The summed E-state index contributed by atoms with van der Waals surface area (Å²) in [6.45, 7) is 5.64. The van der Waals surface area contributed by atoms with Crippen LogP contribution in [0.4, 0.5) is 0 Å². The van der Waals surface area contributed by atoms with Gasteiger partial charge in [-0.05, 0) is 83.5 Å². The smallest absolute Gasteiger partial charge is 0.335 e. The van der Waals surface area contributed by atoms with Crippen LogP contribution >= 0.6 is 0 Å². The number of carbonyl (C=O) groups excluding carboxylic acids is 3. The topological polar surface area (TPSA) is 175 Å². The lowest BCUT2D eigenvalue weighted by Gasteiger charge is -2.40. The Balaban J connectivity index is 2.78. The SMILES string of the molecule is CC/C=C\C/C=C\C/C=C\C/C=C\C/C=C\C/C=C\CCC(=O)OC1C(OCC(COC(=O)C/C=C\C/C=C\C/C=C\C/C=C\C/C=C\CC)OC(=O)CCCCCCCCCCCCCCCCC)OC(C(=O)O)C(O)C1O. The number of hydrogen-bond acceptors (Lipinski definition) is 11. The highest BCUT2D eigenvalue weighted by Gasteiger charge is 2.50. The van der Waals surface area contributed by atoms with Gasteiger partial charge < -0.3 is 39.0 Å². The molecule has 12 heteroatoms. The number of carboxylic acid groups (broad SMARTS) is 1. The average molecular weight is 1100 g/mol. The van der Waals surface area contributed by atoms with Crippen LogP contribution in [0, 0.1) is 0 Å². The van der Waals surface area contributed by atoms with Gasteiger partial charge >= 0.3 is 23.9 Å². The lowest BCUT2D eigenvalue weighted by molar-refractivity contribution is -0.301. The van der Waals surface area contributed by atoms with E-state index in [-0.39, 0.29) is 25.9 Å². The third-order valence-electron chi connectivity index (χ3n) is 12.8. The van der Waals surface area contributed by atoms with Crippen molar-refractivity contribution < 1.29 is 58.2 Å². The summed E-state index contributed by atoms with van der Waals surface area (Å²) in [6, 6.07) is 0. The number of hydrogen-bond donors (Lipinski definition) is 3. The van der Waals surface area contributed by atoms with E-state index in [9.17, 15) is 34.5 Å². The molecule has 0 spiro atoms. The van der Waals surface area contributed by atoms with Crippen LogP contribution < -0.4 is 0 Å². The summed E-state index contributed by atoms with van der Waals surface area (Å²) in [5, 5.41) is 31.5. The van der Waals surface area contributed by atoms with Crippen molar-refractivity contribution >= 4 is 23.9 Å². The standard InChI is InChI=1S/C67H104O12/c1-4-7-10-13-16-19-22-25-28-29-30-31-34-37-40-43-46-49-52-55-61(70)78-65-63(72)62(71)64(66(73)74)79-67(65)76-57-58(77-60(69)54-51-48-45-42-39-36-33-27-24-21-18-15-12-9-6-3)56-75-59(68)53-50-47-44-41-38-35-32-26-23-20-17-14-11-8-5-2/h7-8,10-11,16-17,19-20,25-26,28,30-32,37-38,40-41,46-47,49-50,58,62-65,67,71-72H,4-6,9,12-15,18,21-24,27,29,33-36,39,42-45,48,51-57H2,1-3H3,(H,73,74)/b10-7-,11-8-,19-16-,20-17-,28-25-,31-30-,32-26-,40-37-,41-38-,49-46-,50-47-. The van der Waals surface area contributed by atoms with Gasteiger partial charge in [-0.2, -0.15) is 0 Å². The number of carbonyl (C=O) groups is 4. The number of carboxylic acids is 1. The third kappa shape index (κ3) is 43.4. The van der Waals surface area contributed by atoms with Gasteiger partial charge in [-0.25, -0.2) is 4.79 Å². The Morgan fingerprint density at radius 2 is 0.835 bits per heavy atom. The Hall–Kier alpha value is -5.14. The van der Waals surface area contributed by atoms with Crippen molar-refractivity contribution in [1.82, 2.24) is 0 Å². The number of allylic oxidation sites excluding steroid dienone is 21. The van der Waals surface area contributed by atoms with Crippen LogP contribution in [-0.2, 0) is 42.9 Å². The first-order valence-corrected chi connectivity index (χ1v) is 30.2. The summed E-state index contributed by atoms with van der Waals surface area (Å²) in [5.74, 6) is -3.41. The van der Waals surface area contributed by atoms with E-state index in [1.165, 1.54) is 70.6 Å². The minimum atomic E-state index is -1.95.